The second-order valence-electron chi connectivity index (χ2n) is 4.50. The predicted octanol–water partition coefficient (Wildman–Crippen LogP) is 1.36. The fourth-order valence-electron chi connectivity index (χ4n) is 2.27. The maximum Gasteiger partial charge on any atom is 0.274 e. The summed E-state index contributed by atoms with van der Waals surface area (Å²) in [5.41, 5.74) is 0.284. The molecule has 1 aromatic heterocycles. The lowest BCUT2D eigenvalue weighted by atomic mass is 9.95. The van der Waals surface area contributed by atoms with Gasteiger partial charge in [0.2, 0.25) is 0 Å². The molecule has 0 saturated carbocycles. The number of hydrogen-bond donors (Lipinski definition) is 1. The fraction of sp³-hybridized carbons (Fsp3) is 0.583. The second-order valence-corrected chi connectivity index (χ2v) is 4.89. The molecule has 1 aromatic rings. The number of piperidine rings is 1. The molecule has 1 fully saturated rings. The Kier molecular flexibility index (Phi) is 4.49. The van der Waals surface area contributed by atoms with Crippen molar-refractivity contribution in [2.75, 3.05) is 19.7 Å². The first-order valence-electron chi connectivity index (χ1n) is 6.08. The van der Waals surface area contributed by atoms with E-state index in [4.69, 9.17) is 16.7 Å². The number of likely N-dealkylation sites (tertiary alicyclic amines) is 1. The first-order valence-corrected chi connectivity index (χ1v) is 6.46. The Bertz CT molecular complexity index is 426. The van der Waals surface area contributed by atoms with E-state index in [0.717, 1.165) is 25.8 Å². The molecule has 5 nitrogen and oxygen atoms in total. The van der Waals surface area contributed by atoms with Gasteiger partial charge in [-0.15, -0.1) is 0 Å². The zero-order valence-electron chi connectivity index (χ0n) is 10.0. The number of halogens is 1. The summed E-state index contributed by atoms with van der Waals surface area (Å²) in [6, 6.07) is 0. The minimum atomic E-state index is -0.132. The van der Waals surface area contributed by atoms with Gasteiger partial charge < -0.3 is 10.0 Å². The third-order valence-electron chi connectivity index (χ3n) is 3.17. The van der Waals surface area contributed by atoms with Crippen LogP contribution in [-0.4, -0.2) is 45.6 Å². The lowest BCUT2D eigenvalue weighted by Crippen LogP contribution is -2.40. The third-order valence-corrected chi connectivity index (χ3v) is 3.35. The number of carbonyl (C=O) groups excluding carboxylic acids is 1. The smallest absolute Gasteiger partial charge is 0.274 e. The van der Waals surface area contributed by atoms with E-state index in [0.29, 0.717) is 12.5 Å². The highest BCUT2D eigenvalue weighted by molar-refractivity contribution is 6.29. The Labute approximate surface area is 111 Å². The highest BCUT2D eigenvalue weighted by Crippen LogP contribution is 2.20. The number of carbonyl (C=O) groups is 1. The number of aliphatic hydroxyl groups excluding tert-OH is 1. The lowest BCUT2D eigenvalue weighted by molar-refractivity contribution is 0.0647. The highest BCUT2D eigenvalue weighted by Gasteiger charge is 2.25. The number of amides is 1. The largest absolute Gasteiger partial charge is 0.396 e. The molecular formula is C12H16ClN3O2. The molecule has 1 N–H and O–H groups in total. The number of aliphatic hydroxyl groups is 1. The Hall–Kier alpha value is -1.20. The van der Waals surface area contributed by atoms with Crippen molar-refractivity contribution in [2.45, 2.75) is 19.3 Å². The standard InChI is InChI=1S/C12H16ClN3O2/c13-11-7-14-6-10(15-11)12(18)16-4-1-2-9(8-16)3-5-17/h6-7,9,17H,1-5,8H2. The highest BCUT2D eigenvalue weighted by atomic mass is 35.5. The van der Waals surface area contributed by atoms with Crippen LogP contribution in [0.4, 0.5) is 0 Å². The lowest BCUT2D eigenvalue weighted by Gasteiger charge is -2.32. The van der Waals surface area contributed by atoms with Crippen molar-refractivity contribution in [2.24, 2.45) is 5.92 Å². The molecule has 1 amide bonds. The maximum atomic E-state index is 12.2. The molecule has 0 aliphatic carbocycles. The van der Waals surface area contributed by atoms with Gasteiger partial charge in [-0.25, -0.2) is 4.98 Å². The molecule has 2 rings (SSSR count). The Balaban J connectivity index is 2.04. The normalized spacial score (nSPS) is 19.9. The van der Waals surface area contributed by atoms with Crippen LogP contribution in [0, 0.1) is 5.92 Å². The first kappa shape index (κ1) is 13.2. The van der Waals surface area contributed by atoms with Gasteiger partial charge in [-0.05, 0) is 25.2 Å². The fourth-order valence-corrected chi connectivity index (χ4v) is 2.42. The Morgan fingerprint density at radius 1 is 1.56 bits per heavy atom. The summed E-state index contributed by atoms with van der Waals surface area (Å²) >= 11 is 5.73. The average Bonchev–Trinajstić information content (AvgIpc) is 2.39. The summed E-state index contributed by atoms with van der Waals surface area (Å²) in [4.78, 5) is 21.8. The van der Waals surface area contributed by atoms with Gasteiger partial charge in [0.05, 0.1) is 12.4 Å². The van der Waals surface area contributed by atoms with Crippen LogP contribution in [0.3, 0.4) is 0 Å². The predicted molar refractivity (Wildman–Crippen MR) is 67.4 cm³/mol. The van der Waals surface area contributed by atoms with Crippen molar-refractivity contribution < 1.29 is 9.90 Å². The first-order chi connectivity index (χ1) is 8.70. The van der Waals surface area contributed by atoms with Crippen molar-refractivity contribution in [3.8, 4) is 0 Å². The summed E-state index contributed by atoms with van der Waals surface area (Å²) in [6.07, 6.45) is 5.61. The number of nitrogens with zero attached hydrogens (tertiary/aromatic N) is 3. The molecule has 98 valence electrons. The SMILES string of the molecule is O=C(c1cncc(Cl)n1)N1CCCC(CCO)C1. The monoisotopic (exact) mass is 269 g/mol. The van der Waals surface area contributed by atoms with Crippen LogP contribution in [0.1, 0.15) is 29.8 Å². The van der Waals surface area contributed by atoms with E-state index >= 15 is 0 Å². The van der Waals surface area contributed by atoms with Gasteiger partial charge in [-0.2, -0.15) is 0 Å². The van der Waals surface area contributed by atoms with Gasteiger partial charge in [0.15, 0.2) is 0 Å². The van der Waals surface area contributed by atoms with E-state index in [9.17, 15) is 4.79 Å². The topological polar surface area (TPSA) is 66.3 Å². The zero-order valence-corrected chi connectivity index (χ0v) is 10.8. The van der Waals surface area contributed by atoms with E-state index in [1.165, 1.54) is 12.4 Å². The van der Waals surface area contributed by atoms with Crippen molar-refractivity contribution in [1.29, 1.82) is 0 Å². The summed E-state index contributed by atoms with van der Waals surface area (Å²) < 4.78 is 0. The minimum absolute atomic E-state index is 0.132. The molecule has 0 radical (unpaired) electrons. The molecule has 2 heterocycles. The van der Waals surface area contributed by atoms with E-state index in [1.807, 2.05) is 0 Å². The van der Waals surface area contributed by atoms with Crippen LogP contribution < -0.4 is 0 Å². The summed E-state index contributed by atoms with van der Waals surface area (Å²) in [6.45, 7) is 1.58. The van der Waals surface area contributed by atoms with Crippen LogP contribution >= 0.6 is 11.6 Å². The van der Waals surface area contributed by atoms with Crippen molar-refractivity contribution >= 4 is 17.5 Å². The van der Waals surface area contributed by atoms with E-state index in [2.05, 4.69) is 9.97 Å². The van der Waals surface area contributed by atoms with Crippen LogP contribution in [0.15, 0.2) is 12.4 Å². The molecule has 18 heavy (non-hydrogen) atoms. The minimum Gasteiger partial charge on any atom is -0.396 e. The molecule has 1 aliphatic heterocycles. The Morgan fingerprint density at radius 3 is 3.11 bits per heavy atom. The zero-order chi connectivity index (χ0) is 13.0. The van der Waals surface area contributed by atoms with Crippen LogP contribution in [0.5, 0.6) is 0 Å². The number of aromatic nitrogens is 2. The van der Waals surface area contributed by atoms with Crippen LogP contribution in [0.2, 0.25) is 5.15 Å². The maximum absolute atomic E-state index is 12.2. The molecule has 1 atom stereocenters. The summed E-state index contributed by atoms with van der Waals surface area (Å²) in [5.74, 6) is 0.243. The molecular weight excluding hydrogens is 254 g/mol. The molecule has 0 spiro atoms. The molecule has 1 unspecified atom stereocenters. The third kappa shape index (κ3) is 3.17. The van der Waals surface area contributed by atoms with Crippen LogP contribution in [-0.2, 0) is 0 Å². The van der Waals surface area contributed by atoms with E-state index in [1.54, 1.807) is 4.90 Å². The van der Waals surface area contributed by atoms with Gasteiger partial charge in [-0.3, -0.25) is 9.78 Å². The number of rotatable bonds is 3. The van der Waals surface area contributed by atoms with Gasteiger partial charge in [0.25, 0.3) is 5.91 Å². The van der Waals surface area contributed by atoms with Crippen molar-refractivity contribution in [3.63, 3.8) is 0 Å². The number of hydrogen-bond acceptors (Lipinski definition) is 4. The van der Waals surface area contributed by atoms with E-state index in [-0.39, 0.29) is 23.4 Å². The van der Waals surface area contributed by atoms with Gasteiger partial charge in [0.1, 0.15) is 10.8 Å². The molecule has 6 heteroatoms. The van der Waals surface area contributed by atoms with Crippen molar-refractivity contribution in [1.82, 2.24) is 14.9 Å². The summed E-state index contributed by atoms with van der Waals surface area (Å²) in [5, 5.41) is 9.18. The Morgan fingerprint density at radius 2 is 2.39 bits per heavy atom. The van der Waals surface area contributed by atoms with Gasteiger partial charge >= 0.3 is 0 Å². The molecule has 1 aliphatic rings. The van der Waals surface area contributed by atoms with Gasteiger partial charge in [-0.1, -0.05) is 11.6 Å². The molecule has 1 saturated heterocycles. The van der Waals surface area contributed by atoms with Crippen molar-refractivity contribution in [3.05, 3.63) is 23.2 Å². The average molecular weight is 270 g/mol. The van der Waals surface area contributed by atoms with Crippen LogP contribution in [0.25, 0.3) is 0 Å². The molecule has 0 bridgehead atoms. The quantitative estimate of drug-likeness (QED) is 0.900. The second kappa shape index (κ2) is 6.11. The molecule has 0 aromatic carbocycles. The van der Waals surface area contributed by atoms with E-state index < -0.39 is 0 Å². The van der Waals surface area contributed by atoms with Gasteiger partial charge in [0, 0.05) is 19.7 Å². The summed E-state index contributed by atoms with van der Waals surface area (Å²) in [7, 11) is 0.